The summed E-state index contributed by atoms with van der Waals surface area (Å²) in [6, 6.07) is 9.84. The molecule has 37 heavy (non-hydrogen) atoms. The summed E-state index contributed by atoms with van der Waals surface area (Å²) in [5.74, 6) is 0.689. The van der Waals surface area contributed by atoms with Crippen LogP contribution in [0, 0.1) is 5.92 Å². The summed E-state index contributed by atoms with van der Waals surface area (Å²) in [7, 11) is 3.08. The summed E-state index contributed by atoms with van der Waals surface area (Å²) in [6.45, 7) is 7.20. The predicted octanol–water partition coefficient (Wildman–Crippen LogP) is 4.51. The molecule has 1 fully saturated rings. The number of amides is 1. The Balaban J connectivity index is 1.76. The molecule has 8 nitrogen and oxygen atoms in total. The Morgan fingerprint density at radius 3 is 2.59 bits per heavy atom. The Kier molecular flexibility index (Phi) is 8.07. The van der Waals surface area contributed by atoms with Gasteiger partial charge in [0.2, 0.25) is 0 Å². The zero-order valence-corrected chi connectivity index (χ0v) is 22.1. The minimum Gasteiger partial charge on any atom is -0.507 e. The van der Waals surface area contributed by atoms with Crippen LogP contribution in [0.15, 0.2) is 42.0 Å². The number of fused-ring (bicyclic) bond motifs is 1. The van der Waals surface area contributed by atoms with Crippen LogP contribution in [0.4, 0.5) is 0 Å². The summed E-state index contributed by atoms with van der Waals surface area (Å²) in [6.07, 6.45) is 1.64. The number of likely N-dealkylation sites (tertiary alicyclic amines) is 1. The lowest BCUT2D eigenvalue weighted by Crippen LogP contribution is -2.32. The van der Waals surface area contributed by atoms with Crippen molar-refractivity contribution < 1.29 is 33.6 Å². The van der Waals surface area contributed by atoms with Gasteiger partial charge in [0.25, 0.3) is 11.7 Å². The minimum absolute atomic E-state index is 0.0311. The summed E-state index contributed by atoms with van der Waals surface area (Å²) in [5, 5.41) is 11.4. The highest BCUT2D eigenvalue weighted by molar-refractivity contribution is 6.46. The van der Waals surface area contributed by atoms with Crippen molar-refractivity contribution in [1.82, 2.24) is 4.90 Å². The van der Waals surface area contributed by atoms with Crippen LogP contribution in [0.1, 0.15) is 49.9 Å². The molecule has 1 amide bonds. The number of ether oxygens (including phenoxy) is 4. The first kappa shape index (κ1) is 26.5. The SMILES string of the molecule is COCCN1C(=O)C(=O)C(=C(O)c2ccc3c(c2)C[C@H](C)O3)[C@@H]1c1ccc(OCCC(C)C)c(OC)c1. The average Bonchev–Trinajstić information content (AvgIpc) is 3.37. The van der Waals surface area contributed by atoms with E-state index in [1.807, 2.05) is 13.0 Å². The van der Waals surface area contributed by atoms with E-state index in [-0.39, 0.29) is 30.6 Å². The molecule has 198 valence electrons. The third-order valence-corrected chi connectivity index (χ3v) is 6.70. The van der Waals surface area contributed by atoms with Crippen molar-refractivity contribution in [3.8, 4) is 17.2 Å². The lowest BCUT2D eigenvalue weighted by molar-refractivity contribution is -0.140. The van der Waals surface area contributed by atoms with E-state index in [0.717, 1.165) is 17.7 Å². The maximum absolute atomic E-state index is 13.3. The number of Topliss-reactive ketones (excluding diaryl/α,β-unsaturated/α-hetero) is 1. The second-order valence-electron chi connectivity index (χ2n) is 9.88. The van der Waals surface area contributed by atoms with Gasteiger partial charge in [-0.15, -0.1) is 0 Å². The number of ketones is 1. The molecule has 0 aromatic heterocycles. The van der Waals surface area contributed by atoms with Gasteiger partial charge in [-0.25, -0.2) is 0 Å². The second-order valence-corrected chi connectivity index (χ2v) is 9.88. The Bertz CT molecular complexity index is 1200. The van der Waals surface area contributed by atoms with E-state index in [1.165, 1.54) is 12.0 Å². The molecule has 1 saturated heterocycles. The third-order valence-electron chi connectivity index (χ3n) is 6.70. The first-order valence-electron chi connectivity index (χ1n) is 12.6. The number of carbonyl (C=O) groups is 2. The van der Waals surface area contributed by atoms with Gasteiger partial charge in [0.15, 0.2) is 11.5 Å². The van der Waals surface area contributed by atoms with Crippen molar-refractivity contribution >= 4 is 17.4 Å². The molecule has 0 radical (unpaired) electrons. The molecule has 0 saturated carbocycles. The van der Waals surface area contributed by atoms with Crippen LogP contribution in [0.3, 0.4) is 0 Å². The van der Waals surface area contributed by atoms with Crippen molar-refractivity contribution in [3.05, 3.63) is 58.7 Å². The molecule has 2 atom stereocenters. The summed E-state index contributed by atoms with van der Waals surface area (Å²) in [4.78, 5) is 27.8. The molecule has 0 aliphatic carbocycles. The van der Waals surface area contributed by atoms with Crippen molar-refractivity contribution in [2.75, 3.05) is 34.0 Å². The highest BCUT2D eigenvalue weighted by Crippen LogP contribution is 2.42. The molecule has 8 heteroatoms. The summed E-state index contributed by atoms with van der Waals surface area (Å²) >= 11 is 0. The average molecular weight is 510 g/mol. The first-order chi connectivity index (χ1) is 17.7. The van der Waals surface area contributed by atoms with Crippen molar-refractivity contribution in [3.63, 3.8) is 0 Å². The normalized spacial score (nSPS) is 20.3. The number of nitrogens with zero attached hydrogens (tertiary/aromatic N) is 1. The number of hydrogen-bond acceptors (Lipinski definition) is 7. The molecule has 1 N–H and O–H groups in total. The predicted molar refractivity (Wildman–Crippen MR) is 139 cm³/mol. The molecule has 0 unspecified atom stereocenters. The number of hydrogen-bond donors (Lipinski definition) is 1. The van der Waals surface area contributed by atoms with E-state index in [0.29, 0.717) is 41.6 Å². The zero-order chi connectivity index (χ0) is 26.7. The number of aliphatic hydroxyl groups excluding tert-OH is 1. The van der Waals surface area contributed by atoms with Crippen molar-refractivity contribution in [2.24, 2.45) is 5.92 Å². The van der Waals surface area contributed by atoms with Crippen LogP contribution in [-0.4, -0.2) is 61.8 Å². The Morgan fingerprint density at radius 1 is 1.11 bits per heavy atom. The first-order valence-corrected chi connectivity index (χ1v) is 12.6. The standard InChI is InChI=1S/C29H35NO7/c1-17(2)10-12-36-23-9-6-19(16-24(23)35-5)26-25(28(32)29(33)30(26)11-13-34-4)27(31)20-7-8-22-21(15-20)14-18(3)37-22/h6-9,15-18,26,31H,10-14H2,1-5H3/t18-,26-/m0/s1. The van der Waals surface area contributed by atoms with Crippen LogP contribution in [0.5, 0.6) is 17.2 Å². The smallest absolute Gasteiger partial charge is 0.295 e. The molecule has 2 aromatic rings. The zero-order valence-electron chi connectivity index (χ0n) is 22.1. The number of carbonyl (C=O) groups excluding carboxylic acids is 2. The lowest BCUT2D eigenvalue weighted by atomic mass is 9.94. The van der Waals surface area contributed by atoms with E-state index < -0.39 is 17.7 Å². The molecular weight excluding hydrogens is 474 g/mol. The molecular formula is C29H35NO7. The van der Waals surface area contributed by atoms with Crippen LogP contribution in [0.2, 0.25) is 0 Å². The monoisotopic (exact) mass is 509 g/mol. The molecule has 2 aliphatic rings. The number of benzene rings is 2. The quantitative estimate of drug-likeness (QED) is 0.286. The fraction of sp³-hybridized carbons (Fsp3) is 0.448. The lowest BCUT2D eigenvalue weighted by Gasteiger charge is -2.25. The Morgan fingerprint density at radius 2 is 1.89 bits per heavy atom. The third kappa shape index (κ3) is 5.44. The van der Waals surface area contributed by atoms with Crippen LogP contribution in [-0.2, 0) is 20.7 Å². The van der Waals surface area contributed by atoms with Gasteiger partial charge in [-0.05, 0) is 60.7 Å². The molecule has 4 rings (SSSR count). The molecule has 0 bridgehead atoms. The van der Waals surface area contributed by atoms with Gasteiger partial charge in [-0.2, -0.15) is 0 Å². The maximum atomic E-state index is 13.3. The van der Waals surface area contributed by atoms with Gasteiger partial charge in [0, 0.05) is 25.6 Å². The highest BCUT2D eigenvalue weighted by atomic mass is 16.5. The Labute approximate surface area is 217 Å². The highest BCUT2D eigenvalue weighted by Gasteiger charge is 2.46. The fourth-order valence-corrected chi connectivity index (χ4v) is 4.75. The number of methoxy groups -OCH3 is 2. The fourth-order valence-electron chi connectivity index (χ4n) is 4.75. The minimum atomic E-state index is -0.808. The second kappa shape index (κ2) is 11.3. The molecule has 2 aromatic carbocycles. The maximum Gasteiger partial charge on any atom is 0.295 e. The Hall–Kier alpha value is -3.52. The van der Waals surface area contributed by atoms with Crippen LogP contribution < -0.4 is 14.2 Å². The van der Waals surface area contributed by atoms with Crippen LogP contribution in [0.25, 0.3) is 5.76 Å². The van der Waals surface area contributed by atoms with Gasteiger partial charge in [-0.1, -0.05) is 19.9 Å². The summed E-state index contributed by atoms with van der Waals surface area (Å²) < 4.78 is 22.5. The number of aliphatic hydroxyl groups is 1. The van der Waals surface area contributed by atoms with Crippen LogP contribution >= 0.6 is 0 Å². The van der Waals surface area contributed by atoms with Crippen molar-refractivity contribution in [2.45, 2.75) is 45.8 Å². The van der Waals surface area contributed by atoms with E-state index in [2.05, 4.69) is 13.8 Å². The van der Waals surface area contributed by atoms with E-state index >= 15 is 0 Å². The van der Waals surface area contributed by atoms with E-state index in [9.17, 15) is 14.7 Å². The molecule has 2 aliphatic heterocycles. The largest absolute Gasteiger partial charge is 0.507 e. The molecule has 0 spiro atoms. The van der Waals surface area contributed by atoms with Gasteiger partial charge < -0.3 is 29.0 Å². The summed E-state index contributed by atoms with van der Waals surface area (Å²) in [5.41, 5.74) is 2.07. The van der Waals surface area contributed by atoms with E-state index in [1.54, 1.807) is 37.4 Å². The van der Waals surface area contributed by atoms with E-state index in [4.69, 9.17) is 18.9 Å². The topological polar surface area (TPSA) is 94.5 Å². The number of rotatable bonds is 10. The van der Waals surface area contributed by atoms with Crippen molar-refractivity contribution in [1.29, 1.82) is 0 Å². The van der Waals surface area contributed by atoms with Gasteiger partial charge in [-0.3, -0.25) is 9.59 Å². The van der Waals surface area contributed by atoms with Gasteiger partial charge in [0.05, 0.1) is 31.9 Å². The van der Waals surface area contributed by atoms with Gasteiger partial charge in [0.1, 0.15) is 17.6 Å². The molecule has 2 heterocycles. The van der Waals surface area contributed by atoms with Gasteiger partial charge >= 0.3 is 0 Å².